The van der Waals surface area contributed by atoms with Crippen molar-refractivity contribution in [2.45, 2.75) is 13.0 Å². The molecule has 0 bridgehead atoms. The van der Waals surface area contributed by atoms with Crippen LogP contribution in [-0.4, -0.2) is 22.1 Å². The van der Waals surface area contributed by atoms with Crippen LogP contribution >= 0.6 is 0 Å². The molecule has 1 atom stereocenters. The topological polar surface area (TPSA) is 58.0 Å². The number of hydrogen-bond donors (Lipinski definition) is 2. The van der Waals surface area contributed by atoms with Gasteiger partial charge in [-0.3, -0.25) is 0 Å². The molecule has 1 unspecified atom stereocenters. The van der Waals surface area contributed by atoms with E-state index in [2.05, 4.69) is 15.3 Å². The molecule has 60 valence electrons. The highest BCUT2D eigenvalue weighted by atomic mass is 16.3. The molecule has 1 rings (SSSR count). The number of hydrogen-bond acceptors (Lipinski definition) is 4. The van der Waals surface area contributed by atoms with E-state index < -0.39 is 6.10 Å². The number of aliphatic hydroxyl groups is 1. The number of rotatable bonds is 2. The lowest BCUT2D eigenvalue weighted by Crippen LogP contribution is -2.01. The molecule has 11 heavy (non-hydrogen) atoms. The zero-order valence-electron chi connectivity index (χ0n) is 6.57. The Morgan fingerprint density at radius 2 is 2.36 bits per heavy atom. The van der Waals surface area contributed by atoms with Crippen molar-refractivity contribution < 1.29 is 5.11 Å². The number of nitrogens with zero attached hydrogens (tertiary/aromatic N) is 2. The van der Waals surface area contributed by atoms with Crippen LogP contribution in [0.25, 0.3) is 0 Å². The summed E-state index contributed by atoms with van der Waals surface area (Å²) < 4.78 is 0. The Bertz CT molecular complexity index is 237. The van der Waals surface area contributed by atoms with Crippen LogP contribution in [0.4, 0.5) is 5.95 Å². The minimum absolute atomic E-state index is 0.531. The summed E-state index contributed by atoms with van der Waals surface area (Å²) in [6, 6.07) is 1.69. The lowest BCUT2D eigenvalue weighted by molar-refractivity contribution is 0.194. The molecule has 0 aliphatic rings. The summed E-state index contributed by atoms with van der Waals surface area (Å²) >= 11 is 0. The Morgan fingerprint density at radius 1 is 1.64 bits per heavy atom. The Balaban J connectivity index is 2.91. The molecule has 4 nitrogen and oxygen atoms in total. The summed E-state index contributed by atoms with van der Waals surface area (Å²) in [6.07, 6.45) is 1.08. The molecule has 1 aromatic rings. The first-order valence-electron chi connectivity index (χ1n) is 3.43. The Hall–Kier alpha value is -1.16. The fourth-order valence-electron chi connectivity index (χ4n) is 0.726. The quantitative estimate of drug-likeness (QED) is 0.652. The van der Waals surface area contributed by atoms with Crippen LogP contribution in [0.3, 0.4) is 0 Å². The smallest absolute Gasteiger partial charge is 0.222 e. The summed E-state index contributed by atoms with van der Waals surface area (Å²) in [5.41, 5.74) is 0.629. The standard InChI is InChI=1S/C7H11N3O/c1-5(11)6-3-4-9-7(8-2)10-6/h3-5,11H,1-2H3,(H,8,9,10). The molecule has 0 saturated heterocycles. The van der Waals surface area contributed by atoms with Gasteiger partial charge in [-0.15, -0.1) is 0 Å². The highest BCUT2D eigenvalue weighted by Crippen LogP contribution is 2.08. The Labute approximate surface area is 65.3 Å². The second kappa shape index (κ2) is 3.30. The van der Waals surface area contributed by atoms with E-state index in [0.717, 1.165) is 0 Å². The monoisotopic (exact) mass is 153 g/mol. The summed E-state index contributed by atoms with van der Waals surface area (Å²) in [4.78, 5) is 7.93. The molecule has 4 heteroatoms. The fraction of sp³-hybridized carbons (Fsp3) is 0.429. The second-order valence-electron chi connectivity index (χ2n) is 2.23. The van der Waals surface area contributed by atoms with E-state index in [-0.39, 0.29) is 0 Å². The maximum Gasteiger partial charge on any atom is 0.222 e. The molecule has 1 aromatic heterocycles. The third-order valence-corrected chi connectivity index (χ3v) is 1.33. The predicted octanol–water partition coefficient (Wildman–Crippen LogP) is 0.572. The number of anilines is 1. The van der Waals surface area contributed by atoms with Crippen molar-refractivity contribution in [1.29, 1.82) is 0 Å². The highest BCUT2D eigenvalue weighted by Gasteiger charge is 2.02. The van der Waals surface area contributed by atoms with Gasteiger partial charge in [-0.25, -0.2) is 9.97 Å². The normalized spacial score (nSPS) is 12.6. The number of nitrogens with one attached hydrogen (secondary N) is 1. The van der Waals surface area contributed by atoms with Crippen LogP contribution in [-0.2, 0) is 0 Å². The molecule has 2 N–H and O–H groups in total. The maximum atomic E-state index is 9.13. The summed E-state index contributed by atoms with van der Waals surface area (Å²) in [5.74, 6) is 0.531. The highest BCUT2D eigenvalue weighted by molar-refractivity contribution is 5.24. The molecule has 0 fully saturated rings. The zero-order valence-corrected chi connectivity index (χ0v) is 6.57. The average molecular weight is 153 g/mol. The van der Waals surface area contributed by atoms with Gasteiger partial charge < -0.3 is 10.4 Å². The van der Waals surface area contributed by atoms with Crippen LogP contribution in [0.5, 0.6) is 0 Å². The van der Waals surface area contributed by atoms with Gasteiger partial charge in [0.25, 0.3) is 0 Å². The van der Waals surface area contributed by atoms with E-state index in [1.54, 1.807) is 26.2 Å². The minimum atomic E-state index is -0.537. The van der Waals surface area contributed by atoms with Crippen molar-refractivity contribution in [3.8, 4) is 0 Å². The van der Waals surface area contributed by atoms with E-state index in [0.29, 0.717) is 11.6 Å². The van der Waals surface area contributed by atoms with Gasteiger partial charge in [0, 0.05) is 13.2 Å². The van der Waals surface area contributed by atoms with E-state index >= 15 is 0 Å². The molecule has 1 heterocycles. The van der Waals surface area contributed by atoms with E-state index in [1.165, 1.54) is 0 Å². The molecule has 0 spiro atoms. The summed E-state index contributed by atoms with van der Waals surface area (Å²) in [5, 5.41) is 11.9. The Morgan fingerprint density at radius 3 is 2.91 bits per heavy atom. The van der Waals surface area contributed by atoms with E-state index in [9.17, 15) is 0 Å². The second-order valence-corrected chi connectivity index (χ2v) is 2.23. The van der Waals surface area contributed by atoms with E-state index in [1.807, 2.05) is 0 Å². The lowest BCUT2D eigenvalue weighted by atomic mass is 10.3. The average Bonchev–Trinajstić information content (AvgIpc) is 2.05. The van der Waals surface area contributed by atoms with Gasteiger partial charge in [-0.05, 0) is 13.0 Å². The van der Waals surface area contributed by atoms with Crippen LogP contribution in [0.1, 0.15) is 18.7 Å². The third kappa shape index (κ3) is 1.88. The van der Waals surface area contributed by atoms with Gasteiger partial charge in [0.1, 0.15) is 0 Å². The van der Waals surface area contributed by atoms with Crippen molar-refractivity contribution in [2.24, 2.45) is 0 Å². The van der Waals surface area contributed by atoms with Crippen LogP contribution < -0.4 is 5.32 Å². The number of aromatic nitrogens is 2. The first-order chi connectivity index (χ1) is 5.24. The molecular formula is C7H11N3O. The van der Waals surface area contributed by atoms with Crippen molar-refractivity contribution in [3.63, 3.8) is 0 Å². The molecule has 0 amide bonds. The molecule has 0 aliphatic carbocycles. The SMILES string of the molecule is CNc1nccc(C(C)O)n1. The maximum absolute atomic E-state index is 9.13. The molecule has 0 aliphatic heterocycles. The van der Waals surface area contributed by atoms with Gasteiger partial charge in [0.05, 0.1) is 11.8 Å². The first kappa shape index (κ1) is 7.94. The van der Waals surface area contributed by atoms with Crippen LogP contribution in [0.2, 0.25) is 0 Å². The zero-order chi connectivity index (χ0) is 8.27. The Kier molecular flexibility index (Phi) is 2.38. The van der Waals surface area contributed by atoms with Crippen molar-refractivity contribution >= 4 is 5.95 Å². The third-order valence-electron chi connectivity index (χ3n) is 1.33. The van der Waals surface area contributed by atoms with Gasteiger partial charge in [-0.1, -0.05) is 0 Å². The summed E-state index contributed by atoms with van der Waals surface area (Å²) in [7, 11) is 1.74. The largest absolute Gasteiger partial charge is 0.387 e. The van der Waals surface area contributed by atoms with E-state index in [4.69, 9.17) is 5.11 Å². The minimum Gasteiger partial charge on any atom is -0.387 e. The van der Waals surface area contributed by atoms with Gasteiger partial charge in [0.15, 0.2) is 0 Å². The van der Waals surface area contributed by atoms with Gasteiger partial charge >= 0.3 is 0 Å². The van der Waals surface area contributed by atoms with Crippen molar-refractivity contribution in [2.75, 3.05) is 12.4 Å². The van der Waals surface area contributed by atoms with Crippen LogP contribution in [0.15, 0.2) is 12.3 Å². The van der Waals surface area contributed by atoms with Crippen molar-refractivity contribution in [3.05, 3.63) is 18.0 Å². The fourth-order valence-corrected chi connectivity index (χ4v) is 0.726. The lowest BCUT2D eigenvalue weighted by Gasteiger charge is -2.03. The molecule has 0 radical (unpaired) electrons. The summed E-state index contributed by atoms with van der Waals surface area (Å²) in [6.45, 7) is 1.67. The van der Waals surface area contributed by atoms with Crippen molar-refractivity contribution in [1.82, 2.24) is 9.97 Å². The number of aliphatic hydroxyl groups excluding tert-OH is 1. The molecule has 0 saturated carbocycles. The van der Waals surface area contributed by atoms with Crippen LogP contribution in [0, 0.1) is 0 Å². The molecular weight excluding hydrogens is 142 g/mol. The predicted molar refractivity (Wildman–Crippen MR) is 42.2 cm³/mol. The molecule has 0 aromatic carbocycles. The van der Waals surface area contributed by atoms with Gasteiger partial charge in [-0.2, -0.15) is 0 Å². The first-order valence-corrected chi connectivity index (χ1v) is 3.43. The van der Waals surface area contributed by atoms with Gasteiger partial charge in [0.2, 0.25) is 5.95 Å².